The Morgan fingerprint density at radius 3 is 2.88 bits per heavy atom. The van der Waals surface area contributed by atoms with Crippen molar-refractivity contribution in [1.82, 2.24) is 5.32 Å². The average Bonchev–Trinajstić information content (AvgIpc) is 2.60. The molecule has 3 nitrogen and oxygen atoms in total. The molecule has 0 bridgehead atoms. The summed E-state index contributed by atoms with van der Waals surface area (Å²) in [6.07, 6.45) is 9.18. The maximum atomic E-state index is 11.8. The van der Waals surface area contributed by atoms with Crippen molar-refractivity contribution in [2.75, 3.05) is 7.11 Å². The minimum atomic E-state index is 0.0624. The molecule has 2 saturated carbocycles. The summed E-state index contributed by atoms with van der Waals surface area (Å²) in [7, 11) is 1.71. The summed E-state index contributed by atoms with van der Waals surface area (Å²) in [4.78, 5) is 11.8. The molecule has 4 rings (SSSR count). The second-order valence-electron chi connectivity index (χ2n) is 8.72. The maximum Gasteiger partial charge on any atom is 0.217 e. The lowest BCUT2D eigenvalue weighted by molar-refractivity contribution is -0.120. The van der Waals surface area contributed by atoms with Crippen LogP contribution in [-0.4, -0.2) is 13.0 Å². The Hall–Kier alpha value is -1.51. The van der Waals surface area contributed by atoms with E-state index in [1.165, 1.54) is 49.7 Å². The molecule has 1 amide bonds. The van der Waals surface area contributed by atoms with Crippen molar-refractivity contribution < 1.29 is 9.53 Å². The van der Waals surface area contributed by atoms with E-state index in [0.717, 1.165) is 18.1 Å². The minimum Gasteiger partial charge on any atom is -0.496 e. The summed E-state index contributed by atoms with van der Waals surface area (Å²) < 4.78 is 5.46. The number of benzene rings is 1. The normalized spacial score (nSPS) is 36.6. The molecule has 0 aromatic heterocycles. The summed E-state index contributed by atoms with van der Waals surface area (Å²) in [5.41, 5.74) is 3.16. The number of nitrogens with one attached hydrogen (secondary N) is 1. The summed E-state index contributed by atoms with van der Waals surface area (Å²) >= 11 is 0. The van der Waals surface area contributed by atoms with E-state index in [4.69, 9.17) is 4.74 Å². The number of ether oxygens (including phenoxy) is 1. The lowest BCUT2D eigenvalue weighted by atomic mass is 9.50. The third-order valence-corrected chi connectivity index (χ3v) is 7.34. The minimum absolute atomic E-state index is 0.0624. The first-order valence-electron chi connectivity index (χ1n) is 9.88. The predicted octanol–water partition coefficient (Wildman–Crippen LogP) is 4.77. The van der Waals surface area contributed by atoms with Crippen LogP contribution < -0.4 is 10.1 Å². The van der Waals surface area contributed by atoms with Gasteiger partial charge < -0.3 is 10.1 Å². The van der Waals surface area contributed by atoms with Gasteiger partial charge in [0.1, 0.15) is 5.75 Å². The topological polar surface area (TPSA) is 38.3 Å². The van der Waals surface area contributed by atoms with Crippen LogP contribution in [0.15, 0.2) is 12.1 Å². The number of hydrogen-bond acceptors (Lipinski definition) is 2. The molecule has 0 spiro atoms. The van der Waals surface area contributed by atoms with Crippen molar-refractivity contribution in [3.8, 4) is 5.75 Å². The zero-order valence-corrected chi connectivity index (χ0v) is 15.7. The van der Waals surface area contributed by atoms with Gasteiger partial charge in [-0.15, -0.1) is 0 Å². The fourth-order valence-electron chi connectivity index (χ4n) is 6.18. The first-order chi connectivity index (χ1) is 12.0. The van der Waals surface area contributed by atoms with E-state index in [-0.39, 0.29) is 11.9 Å². The zero-order valence-electron chi connectivity index (χ0n) is 15.7. The van der Waals surface area contributed by atoms with Crippen LogP contribution in [0.4, 0.5) is 0 Å². The molecule has 3 aliphatic carbocycles. The lowest BCUT2D eigenvalue weighted by Gasteiger charge is -2.55. The van der Waals surface area contributed by atoms with E-state index in [0.29, 0.717) is 17.3 Å². The van der Waals surface area contributed by atoms with Gasteiger partial charge in [-0.05, 0) is 78.5 Å². The van der Waals surface area contributed by atoms with E-state index in [9.17, 15) is 4.79 Å². The van der Waals surface area contributed by atoms with Gasteiger partial charge in [0.2, 0.25) is 5.91 Å². The highest BCUT2D eigenvalue weighted by atomic mass is 16.5. The SMILES string of the molecule is COc1[c]cc2c(c1)[C@H]1CC[C@]3(C)CCCC[C@H]3[C@@H]1C[C@@H]2NC(C)=O. The maximum absolute atomic E-state index is 11.8. The van der Waals surface area contributed by atoms with Gasteiger partial charge in [0, 0.05) is 13.0 Å². The highest BCUT2D eigenvalue weighted by molar-refractivity contribution is 5.73. The fraction of sp³-hybridized carbons (Fsp3) is 0.682. The highest BCUT2D eigenvalue weighted by Crippen LogP contribution is 2.61. The summed E-state index contributed by atoms with van der Waals surface area (Å²) in [5.74, 6) is 2.96. The third kappa shape index (κ3) is 2.86. The number of carbonyl (C=O) groups excluding carboxylic acids is 1. The first kappa shape index (κ1) is 16.9. The molecule has 1 aromatic carbocycles. The van der Waals surface area contributed by atoms with Crippen LogP contribution in [0.3, 0.4) is 0 Å². The van der Waals surface area contributed by atoms with Crippen molar-refractivity contribution in [3.63, 3.8) is 0 Å². The van der Waals surface area contributed by atoms with Crippen molar-refractivity contribution in [2.24, 2.45) is 17.3 Å². The quantitative estimate of drug-likeness (QED) is 0.842. The van der Waals surface area contributed by atoms with E-state index in [1.807, 2.05) is 0 Å². The molecular formula is C22H30NO2. The second-order valence-corrected chi connectivity index (χ2v) is 8.72. The molecule has 0 heterocycles. The van der Waals surface area contributed by atoms with E-state index in [1.54, 1.807) is 14.0 Å². The summed E-state index contributed by atoms with van der Waals surface area (Å²) in [6.45, 7) is 4.15. The number of methoxy groups -OCH3 is 1. The van der Waals surface area contributed by atoms with Gasteiger partial charge in [0.25, 0.3) is 0 Å². The molecular weight excluding hydrogens is 310 g/mol. The Morgan fingerprint density at radius 1 is 1.28 bits per heavy atom. The van der Waals surface area contributed by atoms with Gasteiger partial charge in [0.05, 0.1) is 13.2 Å². The number of rotatable bonds is 2. The molecule has 135 valence electrons. The Bertz CT molecular complexity index is 670. The first-order valence-corrected chi connectivity index (χ1v) is 9.88. The van der Waals surface area contributed by atoms with Gasteiger partial charge in [0.15, 0.2) is 0 Å². The number of hydrogen-bond donors (Lipinski definition) is 1. The van der Waals surface area contributed by atoms with Crippen LogP contribution in [0.25, 0.3) is 0 Å². The standard InChI is InChI=1S/C22H30NO2/c1-14(24)23-21-13-19-16(18-12-15(25-3)7-8-17(18)21)9-11-22(2)10-5-4-6-20(19)22/h8,12,16,19-21H,4-6,9-11,13H2,1-3H3,(H,23,24)/t16-,19-,20+,21+,22+/m1/s1. The van der Waals surface area contributed by atoms with Crippen LogP contribution in [0.5, 0.6) is 5.75 Å². The third-order valence-electron chi connectivity index (χ3n) is 7.34. The highest BCUT2D eigenvalue weighted by Gasteiger charge is 2.50. The lowest BCUT2D eigenvalue weighted by Crippen LogP contribution is -2.46. The predicted molar refractivity (Wildman–Crippen MR) is 98.5 cm³/mol. The average molecular weight is 340 g/mol. The Balaban J connectivity index is 1.75. The molecule has 1 N–H and O–H groups in total. The smallest absolute Gasteiger partial charge is 0.217 e. The van der Waals surface area contributed by atoms with Crippen LogP contribution in [0, 0.1) is 23.3 Å². The number of fused-ring (bicyclic) bond motifs is 5. The molecule has 0 saturated heterocycles. The van der Waals surface area contributed by atoms with Crippen LogP contribution in [0.1, 0.15) is 81.9 Å². The van der Waals surface area contributed by atoms with Crippen LogP contribution in [-0.2, 0) is 4.79 Å². The van der Waals surface area contributed by atoms with Crippen molar-refractivity contribution in [3.05, 3.63) is 29.3 Å². The molecule has 0 aliphatic heterocycles. The van der Waals surface area contributed by atoms with Crippen molar-refractivity contribution in [1.29, 1.82) is 0 Å². The number of amides is 1. The zero-order chi connectivity index (χ0) is 17.6. The van der Waals surface area contributed by atoms with Crippen LogP contribution in [0.2, 0.25) is 0 Å². The molecule has 1 aromatic rings. The Morgan fingerprint density at radius 2 is 2.12 bits per heavy atom. The molecule has 2 fully saturated rings. The molecule has 3 aliphatic rings. The van der Waals surface area contributed by atoms with Gasteiger partial charge in [-0.1, -0.05) is 19.8 Å². The molecule has 3 heteroatoms. The summed E-state index contributed by atoms with van der Waals surface area (Å²) in [5, 5.41) is 3.22. The number of carbonyl (C=O) groups is 1. The largest absolute Gasteiger partial charge is 0.496 e. The van der Waals surface area contributed by atoms with Gasteiger partial charge in [-0.3, -0.25) is 4.79 Å². The van der Waals surface area contributed by atoms with Gasteiger partial charge >= 0.3 is 0 Å². The fourth-order valence-corrected chi connectivity index (χ4v) is 6.18. The molecule has 1 radical (unpaired) electrons. The molecule has 25 heavy (non-hydrogen) atoms. The molecule has 5 atom stereocenters. The van der Waals surface area contributed by atoms with Crippen LogP contribution >= 0.6 is 0 Å². The van der Waals surface area contributed by atoms with Crippen molar-refractivity contribution in [2.45, 2.75) is 70.8 Å². The Labute approximate surface area is 151 Å². The molecule has 0 unspecified atom stereocenters. The van der Waals surface area contributed by atoms with Gasteiger partial charge in [-0.25, -0.2) is 0 Å². The van der Waals surface area contributed by atoms with E-state index in [2.05, 4.69) is 30.4 Å². The summed E-state index contributed by atoms with van der Waals surface area (Å²) in [6, 6.07) is 7.60. The van der Waals surface area contributed by atoms with Gasteiger partial charge in [-0.2, -0.15) is 0 Å². The van der Waals surface area contributed by atoms with Crippen molar-refractivity contribution >= 4 is 5.91 Å². The van der Waals surface area contributed by atoms with E-state index < -0.39 is 0 Å². The Kier molecular flexibility index (Phi) is 4.29. The van der Waals surface area contributed by atoms with E-state index >= 15 is 0 Å². The second kappa shape index (κ2) is 6.34. The monoisotopic (exact) mass is 340 g/mol.